The molecule has 14 heavy (non-hydrogen) atoms. The first-order valence-corrected chi connectivity index (χ1v) is 6.01. The van der Waals surface area contributed by atoms with Crippen molar-refractivity contribution in [3.8, 4) is 0 Å². The highest BCUT2D eigenvalue weighted by atomic mass is 16.3. The Bertz CT molecular complexity index is 117. The Kier molecular flexibility index (Phi) is 8.20. The monoisotopic (exact) mass is 202 g/mol. The maximum atomic E-state index is 10.2. The van der Waals surface area contributed by atoms with E-state index in [0.29, 0.717) is 0 Å². The van der Waals surface area contributed by atoms with Gasteiger partial charge < -0.3 is 10.2 Å². The van der Waals surface area contributed by atoms with Gasteiger partial charge in [0.05, 0.1) is 5.60 Å². The van der Waals surface area contributed by atoms with Crippen molar-refractivity contribution < 1.29 is 10.2 Å². The number of rotatable bonds is 9. The molecule has 0 rings (SSSR count). The Morgan fingerprint density at radius 3 is 1.86 bits per heavy atom. The summed E-state index contributed by atoms with van der Waals surface area (Å²) < 4.78 is 0. The standard InChI is InChI=1S/C12H26O2/c1-3-8-12(14,9-4-2)10-6-5-7-11-13/h13-14H,3-11H2,1-2H3. The fourth-order valence-electron chi connectivity index (χ4n) is 2.05. The van der Waals surface area contributed by atoms with Crippen LogP contribution in [0.5, 0.6) is 0 Å². The molecule has 0 unspecified atom stereocenters. The summed E-state index contributed by atoms with van der Waals surface area (Å²) in [6.45, 7) is 4.52. The van der Waals surface area contributed by atoms with Crippen LogP contribution >= 0.6 is 0 Å². The zero-order valence-electron chi connectivity index (χ0n) is 9.76. The number of hydrogen-bond acceptors (Lipinski definition) is 2. The van der Waals surface area contributed by atoms with Crippen molar-refractivity contribution in [1.29, 1.82) is 0 Å². The van der Waals surface area contributed by atoms with E-state index in [-0.39, 0.29) is 6.61 Å². The molecule has 0 heterocycles. The van der Waals surface area contributed by atoms with Crippen molar-refractivity contribution in [2.24, 2.45) is 0 Å². The summed E-state index contributed by atoms with van der Waals surface area (Å²) in [6, 6.07) is 0. The predicted molar refractivity (Wildman–Crippen MR) is 60.3 cm³/mol. The molecular formula is C12H26O2. The number of aliphatic hydroxyl groups is 2. The highest BCUT2D eigenvalue weighted by molar-refractivity contribution is 4.77. The molecule has 0 aliphatic carbocycles. The van der Waals surface area contributed by atoms with Crippen LogP contribution in [0.15, 0.2) is 0 Å². The van der Waals surface area contributed by atoms with E-state index in [9.17, 15) is 5.11 Å². The van der Waals surface area contributed by atoms with Crippen LogP contribution in [0.4, 0.5) is 0 Å². The predicted octanol–water partition coefficient (Wildman–Crippen LogP) is 2.87. The third-order valence-corrected chi connectivity index (χ3v) is 2.73. The highest BCUT2D eigenvalue weighted by Crippen LogP contribution is 2.25. The van der Waals surface area contributed by atoms with Gasteiger partial charge in [-0.25, -0.2) is 0 Å². The number of unbranched alkanes of at least 4 members (excludes halogenated alkanes) is 2. The van der Waals surface area contributed by atoms with Crippen LogP contribution in [-0.4, -0.2) is 22.4 Å². The molecule has 2 nitrogen and oxygen atoms in total. The Morgan fingerprint density at radius 2 is 1.43 bits per heavy atom. The summed E-state index contributed by atoms with van der Waals surface area (Å²) in [6.07, 6.45) is 7.78. The zero-order valence-corrected chi connectivity index (χ0v) is 9.76. The van der Waals surface area contributed by atoms with Crippen molar-refractivity contribution >= 4 is 0 Å². The molecular weight excluding hydrogens is 176 g/mol. The first-order chi connectivity index (χ1) is 6.68. The molecule has 0 fully saturated rings. The molecule has 0 atom stereocenters. The smallest absolute Gasteiger partial charge is 0.0647 e. The molecule has 0 aliphatic rings. The van der Waals surface area contributed by atoms with Gasteiger partial charge in [0.25, 0.3) is 0 Å². The van der Waals surface area contributed by atoms with Gasteiger partial charge in [-0.05, 0) is 25.7 Å². The lowest BCUT2D eigenvalue weighted by Crippen LogP contribution is -2.28. The van der Waals surface area contributed by atoms with Gasteiger partial charge in [-0.3, -0.25) is 0 Å². The topological polar surface area (TPSA) is 40.5 Å². The quantitative estimate of drug-likeness (QED) is 0.564. The highest BCUT2D eigenvalue weighted by Gasteiger charge is 2.23. The molecule has 0 saturated carbocycles. The minimum absolute atomic E-state index is 0.278. The lowest BCUT2D eigenvalue weighted by Gasteiger charge is -2.27. The maximum Gasteiger partial charge on any atom is 0.0647 e. The second-order valence-corrected chi connectivity index (χ2v) is 4.26. The molecule has 0 spiro atoms. The normalized spacial score (nSPS) is 12.0. The van der Waals surface area contributed by atoms with E-state index < -0.39 is 5.60 Å². The van der Waals surface area contributed by atoms with E-state index in [1.807, 2.05) is 0 Å². The Labute approximate surface area is 88.3 Å². The van der Waals surface area contributed by atoms with E-state index >= 15 is 0 Å². The molecule has 0 aliphatic heterocycles. The molecule has 2 N–H and O–H groups in total. The van der Waals surface area contributed by atoms with Gasteiger partial charge >= 0.3 is 0 Å². The van der Waals surface area contributed by atoms with Gasteiger partial charge in [0.15, 0.2) is 0 Å². The average Bonchev–Trinajstić information content (AvgIpc) is 2.13. The molecule has 0 aromatic carbocycles. The fourth-order valence-corrected chi connectivity index (χ4v) is 2.05. The van der Waals surface area contributed by atoms with Crippen LogP contribution in [0.25, 0.3) is 0 Å². The average molecular weight is 202 g/mol. The first-order valence-electron chi connectivity index (χ1n) is 6.01. The van der Waals surface area contributed by atoms with Gasteiger partial charge in [0.2, 0.25) is 0 Å². The summed E-state index contributed by atoms with van der Waals surface area (Å²) in [7, 11) is 0. The Morgan fingerprint density at radius 1 is 0.857 bits per heavy atom. The summed E-state index contributed by atoms with van der Waals surface area (Å²) in [5.41, 5.74) is -0.432. The summed E-state index contributed by atoms with van der Waals surface area (Å²) in [4.78, 5) is 0. The molecule has 0 radical (unpaired) electrons. The van der Waals surface area contributed by atoms with Crippen molar-refractivity contribution in [3.63, 3.8) is 0 Å². The van der Waals surface area contributed by atoms with E-state index in [1.54, 1.807) is 0 Å². The lowest BCUT2D eigenvalue weighted by molar-refractivity contribution is 0.0103. The maximum absolute atomic E-state index is 10.2. The summed E-state index contributed by atoms with van der Waals surface area (Å²) in [5.74, 6) is 0. The third kappa shape index (κ3) is 6.39. The van der Waals surface area contributed by atoms with Gasteiger partial charge in [0.1, 0.15) is 0 Å². The van der Waals surface area contributed by atoms with E-state index in [2.05, 4.69) is 13.8 Å². The van der Waals surface area contributed by atoms with Gasteiger partial charge in [0, 0.05) is 6.61 Å². The molecule has 0 saturated heterocycles. The van der Waals surface area contributed by atoms with Crippen LogP contribution in [0.3, 0.4) is 0 Å². The molecule has 0 bridgehead atoms. The van der Waals surface area contributed by atoms with Gasteiger partial charge in [-0.2, -0.15) is 0 Å². The second kappa shape index (κ2) is 8.25. The molecule has 2 heteroatoms. The number of aliphatic hydroxyl groups excluding tert-OH is 1. The van der Waals surface area contributed by atoms with Crippen LogP contribution < -0.4 is 0 Å². The van der Waals surface area contributed by atoms with Crippen molar-refractivity contribution in [3.05, 3.63) is 0 Å². The number of hydrogen-bond donors (Lipinski definition) is 2. The van der Waals surface area contributed by atoms with Crippen LogP contribution in [0.1, 0.15) is 65.2 Å². The molecule has 86 valence electrons. The lowest BCUT2D eigenvalue weighted by atomic mass is 9.87. The fraction of sp³-hybridized carbons (Fsp3) is 1.00. The van der Waals surface area contributed by atoms with Crippen molar-refractivity contribution in [2.45, 2.75) is 70.8 Å². The van der Waals surface area contributed by atoms with Crippen molar-refractivity contribution in [2.75, 3.05) is 6.61 Å². The minimum Gasteiger partial charge on any atom is -0.396 e. The first kappa shape index (κ1) is 13.9. The van der Waals surface area contributed by atoms with Crippen molar-refractivity contribution in [1.82, 2.24) is 0 Å². The van der Waals surface area contributed by atoms with E-state index in [1.165, 1.54) is 0 Å². The molecule has 0 aromatic heterocycles. The minimum atomic E-state index is -0.432. The SMILES string of the molecule is CCCC(O)(CCC)CCCCCO. The van der Waals surface area contributed by atoms with Crippen LogP contribution in [-0.2, 0) is 0 Å². The third-order valence-electron chi connectivity index (χ3n) is 2.73. The van der Waals surface area contributed by atoms with E-state index in [0.717, 1.165) is 51.4 Å². The van der Waals surface area contributed by atoms with Crippen LogP contribution in [0, 0.1) is 0 Å². The van der Waals surface area contributed by atoms with E-state index in [4.69, 9.17) is 5.11 Å². The van der Waals surface area contributed by atoms with Gasteiger partial charge in [-0.1, -0.05) is 39.5 Å². The van der Waals surface area contributed by atoms with Crippen LogP contribution in [0.2, 0.25) is 0 Å². The Hall–Kier alpha value is -0.0800. The summed E-state index contributed by atoms with van der Waals surface area (Å²) >= 11 is 0. The Balaban J connectivity index is 3.71. The zero-order chi connectivity index (χ0) is 10.9. The molecule has 0 aromatic rings. The molecule has 0 amide bonds. The van der Waals surface area contributed by atoms with Gasteiger partial charge in [-0.15, -0.1) is 0 Å². The second-order valence-electron chi connectivity index (χ2n) is 4.26. The largest absolute Gasteiger partial charge is 0.396 e. The summed E-state index contributed by atoms with van der Waals surface area (Å²) in [5, 5.41) is 18.9.